The minimum Gasteiger partial charge on any atom is -0.493 e. The molecule has 6 heteroatoms. The van der Waals surface area contributed by atoms with Gasteiger partial charge in [0.25, 0.3) is 0 Å². The van der Waals surface area contributed by atoms with E-state index in [2.05, 4.69) is 26.8 Å². The highest BCUT2D eigenvalue weighted by Gasteiger charge is 2.33. The van der Waals surface area contributed by atoms with Crippen LogP contribution in [-0.2, 0) is 11.3 Å². The molecule has 0 unspecified atom stereocenters. The fourth-order valence-corrected chi connectivity index (χ4v) is 5.46. The van der Waals surface area contributed by atoms with E-state index in [1.165, 1.54) is 37.7 Å². The Balaban J connectivity index is 1.22. The van der Waals surface area contributed by atoms with Gasteiger partial charge in [-0.2, -0.15) is 0 Å². The summed E-state index contributed by atoms with van der Waals surface area (Å²) < 4.78 is 10.8. The molecular weight excluding hydrogens is 378 g/mol. The molecule has 0 radical (unpaired) electrons. The van der Waals surface area contributed by atoms with Crippen molar-refractivity contribution in [2.45, 2.75) is 38.6 Å². The van der Waals surface area contributed by atoms with E-state index < -0.39 is 0 Å². The summed E-state index contributed by atoms with van der Waals surface area (Å²) in [4.78, 5) is 19.8. The molecule has 1 amide bonds. The molecule has 3 aliphatic rings. The average molecular weight is 416 g/mol. The number of methoxy groups -OCH3 is 2. The van der Waals surface area contributed by atoms with E-state index in [-0.39, 0.29) is 0 Å². The Labute approximate surface area is 181 Å². The second kappa shape index (κ2) is 10.0. The van der Waals surface area contributed by atoms with Crippen molar-refractivity contribution >= 4 is 5.91 Å². The number of likely N-dealkylation sites (tertiary alicyclic amines) is 1. The lowest BCUT2D eigenvalue weighted by molar-refractivity contribution is -0.136. The summed E-state index contributed by atoms with van der Waals surface area (Å²) in [6.45, 7) is 7.36. The number of fused-ring (bicyclic) bond motifs is 1. The topological polar surface area (TPSA) is 45.2 Å². The number of benzene rings is 1. The Morgan fingerprint density at radius 2 is 1.60 bits per heavy atom. The van der Waals surface area contributed by atoms with E-state index in [0.717, 1.165) is 69.1 Å². The number of piperidine rings is 1. The van der Waals surface area contributed by atoms with Crippen LogP contribution in [0.15, 0.2) is 18.2 Å². The third-order valence-electron chi connectivity index (χ3n) is 7.32. The number of hydrogen-bond donors (Lipinski definition) is 0. The summed E-state index contributed by atoms with van der Waals surface area (Å²) in [5.41, 5.74) is 1.23. The molecule has 2 heterocycles. The van der Waals surface area contributed by atoms with E-state index >= 15 is 0 Å². The zero-order chi connectivity index (χ0) is 20.9. The molecule has 1 aromatic carbocycles. The summed E-state index contributed by atoms with van der Waals surface area (Å²) >= 11 is 0. The van der Waals surface area contributed by atoms with Crippen molar-refractivity contribution in [2.24, 2.45) is 11.8 Å². The van der Waals surface area contributed by atoms with Gasteiger partial charge in [-0.25, -0.2) is 0 Å². The van der Waals surface area contributed by atoms with E-state index in [4.69, 9.17) is 9.47 Å². The maximum absolute atomic E-state index is 12.9. The standard InChI is InChI=1S/C24H37N3O3/c1-29-22-8-7-19(15-23(22)30-2)16-25-11-13-26(14-12-25)18-24(28)27-10-9-20-5-3-4-6-21(20)17-27/h7-8,15,20-21H,3-6,9-14,16-18H2,1-2H3/t20-,21+/m0/s1. The summed E-state index contributed by atoms with van der Waals surface area (Å²) in [7, 11) is 3.34. The molecule has 3 fully saturated rings. The lowest BCUT2D eigenvalue weighted by atomic mass is 9.75. The first-order valence-electron chi connectivity index (χ1n) is 11.6. The van der Waals surface area contributed by atoms with Gasteiger partial charge in [-0.1, -0.05) is 25.3 Å². The Kier molecular flexibility index (Phi) is 7.16. The maximum Gasteiger partial charge on any atom is 0.236 e. The van der Waals surface area contributed by atoms with Crippen molar-refractivity contribution in [1.82, 2.24) is 14.7 Å². The van der Waals surface area contributed by atoms with Gasteiger partial charge in [0.05, 0.1) is 20.8 Å². The van der Waals surface area contributed by atoms with Gasteiger partial charge in [0.1, 0.15) is 0 Å². The van der Waals surface area contributed by atoms with E-state index in [0.29, 0.717) is 12.5 Å². The van der Waals surface area contributed by atoms with E-state index in [9.17, 15) is 4.79 Å². The Morgan fingerprint density at radius 3 is 2.33 bits per heavy atom. The molecular formula is C24H37N3O3. The van der Waals surface area contributed by atoms with Crippen molar-refractivity contribution in [3.63, 3.8) is 0 Å². The van der Waals surface area contributed by atoms with Crippen LogP contribution in [0, 0.1) is 11.8 Å². The lowest BCUT2D eigenvalue weighted by Gasteiger charge is -2.42. The molecule has 0 N–H and O–H groups in total. The maximum atomic E-state index is 12.9. The van der Waals surface area contributed by atoms with Crippen LogP contribution in [0.25, 0.3) is 0 Å². The third-order valence-corrected chi connectivity index (χ3v) is 7.32. The van der Waals surface area contributed by atoms with Crippen molar-refractivity contribution in [2.75, 3.05) is 60.0 Å². The van der Waals surface area contributed by atoms with Crippen LogP contribution in [0.4, 0.5) is 0 Å². The van der Waals surface area contributed by atoms with Crippen LogP contribution >= 0.6 is 0 Å². The quantitative estimate of drug-likeness (QED) is 0.715. The molecule has 0 spiro atoms. The normalized spacial score (nSPS) is 25.6. The number of ether oxygens (including phenoxy) is 2. The average Bonchev–Trinajstić information content (AvgIpc) is 2.80. The van der Waals surface area contributed by atoms with Crippen LogP contribution in [0.2, 0.25) is 0 Å². The molecule has 4 rings (SSSR count). The summed E-state index contributed by atoms with van der Waals surface area (Å²) in [6.07, 6.45) is 6.67. The second-order valence-electron chi connectivity index (χ2n) is 9.17. The van der Waals surface area contributed by atoms with Crippen LogP contribution in [0.5, 0.6) is 11.5 Å². The smallest absolute Gasteiger partial charge is 0.236 e. The van der Waals surface area contributed by atoms with Gasteiger partial charge in [0.15, 0.2) is 11.5 Å². The Hall–Kier alpha value is -1.79. The molecule has 1 saturated carbocycles. The Bertz CT molecular complexity index is 718. The highest BCUT2D eigenvalue weighted by molar-refractivity contribution is 5.78. The molecule has 0 bridgehead atoms. The number of rotatable bonds is 6. The molecule has 2 saturated heterocycles. The second-order valence-corrected chi connectivity index (χ2v) is 9.17. The minimum atomic E-state index is 0.340. The molecule has 6 nitrogen and oxygen atoms in total. The monoisotopic (exact) mass is 415 g/mol. The van der Waals surface area contributed by atoms with Crippen LogP contribution < -0.4 is 9.47 Å². The highest BCUT2D eigenvalue weighted by Crippen LogP contribution is 2.36. The highest BCUT2D eigenvalue weighted by atomic mass is 16.5. The number of nitrogens with zero attached hydrogens (tertiary/aromatic N) is 3. The van der Waals surface area contributed by atoms with Crippen molar-refractivity contribution in [3.05, 3.63) is 23.8 Å². The van der Waals surface area contributed by atoms with Gasteiger partial charge in [-0.3, -0.25) is 14.6 Å². The summed E-state index contributed by atoms with van der Waals surface area (Å²) in [5.74, 6) is 3.52. The fourth-order valence-electron chi connectivity index (χ4n) is 5.46. The molecule has 2 aliphatic heterocycles. The molecule has 2 atom stereocenters. The van der Waals surface area contributed by atoms with Gasteiger partial charge in [0, 0.05) is 45.8 Å². The lowest BCUT2D eigenvalue weighted by Crippen LogP contribution is -2.52. The molecule has 1 aliphatic carbocycles. The number of amides is 1. The predicted octanol–water partition coefficient (Wildman–Crippen LogP) is 2.86. The zero-order valence-electron chi connectivity index (χ0n) is 18.6. The predicted molar refractivity (Wildman–Crippen MR) is 118 cm³/mol. The number of hydrogen-bond acceptors (Lipinski definition) is 5. The summed E-state index contributed by atoms with van der Waals surface area (Å²) in [6, 6.07) is 6.13. The van der Waals surface area contributed by atoms with Crippen LogP contribution in [0.3, 0.4) is 0 Å². The van der Waals surface area contributed by atoms with Gasteiger partial charge >= 0.3 is 0 Å². The van der Waals surface area contributed by atoms with Crippen LogP contribution in [0.1, 0.15) is 37.7 Å². The van der Waals surface area contributed by atoms with E-state index in [1.54, 1.807) is 14.2 Å². The van der Waals surface area contributed by atoms with Gasteiger partial charge < -0.3 is 14.4 Å². The van der Waals surface area contributed by atoms with Gasteiger partial charge in [0.2, 0.25) is 5.91 Å². The van der Waals surface area contributed by atoms with Crippen LogP contribution in [-0.4, -0.2) is 80.6 Å². The molecule has 30 heavy (non-hydrogen) atoms. The fraction of sp³-hybridized carbons (Fsp3) is 0.708. The number of carbonyl (C=O) groups is 1. The Morgan fingerprint density at radius 1 is 0.900 bits per heavy atom. The first-order chi connectivity index (χ1) is 14.7. The summed E-state index contributed by atoms with van der Waals surface area (Å²) in [5, 5.41) is 0. The molecule has 0 aromatic heterocycles. The first-order valence-corrected chi connectivity index (χ1v) is 11.6. The van der Waals surface area contributed by atoms with Crippen molar-refractivity contribution in [1.29, 1.82) is 0 Å². The van der Waals surface area contributed by atoms with E-state index in [1.807, 2.05) is 6.07 Å². The molecule has 1 aromatic rings. The molecule has 166 valence electrons. The van der Waals surface area contributed by atoms with Gasteiger partial charge in [-0.05, 0) is 42.4 Å². The number of piperazine rings is 1. The largest absolute Gasteiger partial charge is 0.493 e. The third kappa shape index (κ3) is 5.09. The minimum absolute atomic E-state index is 0.340. The SMILES string of the molecule is COc1ccc(CN2CCN(CC(=O)N3CC[C@@H]4CCCC[C@@H]4C3)CC2)cc1OC. The first kappa shape index (κ1) is 21.4. The van der Waals surface area contributed by atoms with Gasteiger partial charge in [-0.15, -0.1) is 0 Å². The van der Waals surface area contributed by atoms with Crippen molar-refractivity contribution < 1.29 is 14.3 Å². The number of carbonyl (C=O) groups excluding carboxylic acids is 1. The zero-order valence-corrected chi connectivity index (χ0v) is 18.6. The van der Waals surface area contributed by atoms with Crippen molar-refractivity contribution in [3.8, 4) is 11.5 Å².